The fourth-order valence-electron chi connectivity index (χ4n) is 2.53. The summed E-state index contributed by atoms with van der Waals surface area (Å²) in [7, 11) is 0. The van der Waals surface area contributed by atoms with E-state index in [9.17, 15) is 0 Å². The Morgan fingerprint density at radius 3 is 2.86 bits per heavy atom. The van der Waals surface area contributed by atoms with Crippen LogP contribution in [0.2, 0.25) is 0 Å². The molecular formula is C18H19N3O. The van der Waals surface area contributed by atoms with E-state index in [1.165, 1.54) is 16.5 Å². The van der Waals surface area contributed by atoms with Crippen molar-refractivity contribution in [3.05, 3.63) is 59.5 Å². The molecule has 0 atom stereocenters. The number of rotatable bonds is 4. The summed E-state index contributed by atoms with van der Waals surface area (Å²) in [5.41, 5.74) is 7.12. The van der Waals surface area contributed by atoms with E-state index < -0.39 is 0 Å². The molecule has 0 aliphatic rings. The van der Waals surface area contributed by atoms with Crippen molar-refractivity contribution in [2.75, 3.05) is 5.43 Å². The number of hydrogen-bond acceptors (Lipinski definition) is 4. The van der Waals surface area contributed by atoms with E-state index in [1.807, 2.05) is 31.2 Å². The Kier molecular flexibility index (Phi) is 3.92. The van der Waals surface area contributed by atoms with Crippen molar-refractivity contribution in [1.82, 2.24) is 4.98 Å². The molecule has 3 aromatic rings. The minimum Gasteiger partial charge on any atom is -0.454 e. The van der Waals surface area contributed by atoms with Crippen LogP contribution in [0.3, 0.4) is 0 Å². The number of furan rings is 1. The summed E-state index contributed by atoms with van der Waals surface area (Å²) in [4.78, 5) is 4.19. The van der Waals surface area contributed by atoms with Gasteiger partial charge >= 0.3 is 0 Å². The summed E-state index contributed by atoms with van der Waals surface area (Å²) >= 11 is 0. The Labute approximate surface area is 129 Å². The monoisotopic (exact) mass is 293 g/mol. The number of hydrazone groups is 1. The van der Waals surface area contributed by atoms with Crippen LogP contribution in [0.15, 0.2) is 52.1 Å². The van der Waals surface area contributed by atoms with Crippen LogP contribution in [-0.4, -0.2) is 10.7 Å². The second-order valence-corrected chi connectivity index (χ2v) is 5.29. The Morgan fingerprint density at radius 1 is 1.27 bits per heavy atom. The van der Waals surface area contributed by atoms with Gasteiger partial charge in [0.2, 0.25) is 0 Å². The van der Waals surface area contributed by atoms with Gasteiger partial charge in [-0.05, 0) is 44.5 Å². The molecule has 0 radical (unpaired) electrons. The van der Waals surface area contributed by atoms with Crippen LogP contribution in [0.1, 0.15) is 30.7 Å². The molecule has 0 spiro atoms. The molecule has 1 aromatic carbocycles. The second kappa shape index (κ2) is 6.02. The summed E-state index contributed by atoms with van der Waals surface area (Å²) in [6.07, 6.45) is 2.64. The molecule has 0 fully saturated rings. The number of aryl methyl sites for hydroxylation is 2. The summed E-state index contributed by atoms with van der Waals surface area (Å²) in [6.45, 7) is 6.17. The summed E-state index contributed by atoms with van der Waals surface area (Å²) in [6, 6.07) is 11.9. The molecule has 3 rings (SSSR count). The van der Waals surface area contributed by atoms with Gasteiger partial charge in [0, 0.05) is 17.1 Å². The Morgan fingerprint density at radius 2 is 2.14 bits per heavy atom. The zero-order valence-electron chi connectivity index (χ0n) is 13.1. The van der Waals surface area contributed by atoms with Gasteiger partial charge in [-0.1, -0.05) is 24.6 Å². The van der Waals surface area contributed by atoms with Crippen molar-refractivity contribution >= 4 is 22.5 Å². The predicted molar refractivity (Wildman–Crippen MR) is 90.4 cm³/mol. The molecule has 22 heavy (non-hydrogen) atoms. The van der Waals surface area contributed by atoms with Crippen molar-refractivity contribution in [3.63, 3.8) is 0 Å². The highest BCUT2D eigenvalue weighted by Crippen LogP contribution is 2.28. The average molecular weight is 293 g/mol. The van der Waals surface area contributed by atoms with Gasteiger partial charge in [-0.15, -0.1) is 0 Å². The van der Waals surface area contributed by atoms with Crippen LogP contribution in [0, 0.1) is 6.92 Å². The summed E-state index contributed by atoms with van der Waals surface area (Å²) < 4.78 is 6.00. The molecule has 4 heteroatoms. The smallest absolute Gasteiger partial charge is 0.154 e. The molecule has 0 aliphatic heterocycles. The summed E-state index contributed by atoms with van der Waals surface area (Å²) in [5.74, 6) is 1.55. The van der Waals surface area contributed by atoms with Gasteiger partial charge in [0.25, 0.3) is 0 Å². The molecule has 0 saturated carbocycles. The highest BCUT2D eigenvalue weighted by atomic mass is 16.3. The highest BCUT2D eigenvalue weighted by Gasteiger charge is 2.15. The minimum atomic E-state index is 0.715. The maximum atomic E-state index is 6.00. The molecule has 2 aromatic heterocycles. The van der Waals surface area contributed by atoms with Gasteiger partial charge in [-0.3, -0.25) is 5.43 Å². The Hall–Kier alpha value is -2.62. The topological polar surface area (TPSA) is 50.4 Å². The van der Waals surface area contributed by atoms with E-state index in [0.29, 0.717) is 5.82 Å². The number of fused-ring (bicyclic) bond motifs is 1. The lowest BCUT2D eigenvalue weighted by atomic mass is 10.0. The first-order valence-corrected chi connectivity index (χ1v) is 7.42. The van der Waals surface area contributed by atoms with E-state index in [2.05, 4.69) is 41.5 Å². The third-order valence-corrected chi connectivity index (χ3v) is 3.63. The number of anilines is 1. The number of pyridine rings is 1. The Bertz CT molecular complexity index is 819. The van der Waals surface area contributed by atoms with Gasteiger partial charge < -0.3 is 4.42 Å². The molecule has 1 N–H and O–H groups in total. The average Bonchev–Trinajstić information content (AvgIpc) is 2.91. The van der Waals surface area contributed by atoms with Crippen LogP contribution < -0.4 is 5.43 Å². The molecule has 0 bridgehead atoms. The zero-order valence-corrected chi connectivity index (χ0v) is 13.1. The second-order valence-electron chi connectivity index (χ2n) is 5.29. The van der Waals surface area contributed by atoms with Crippen molar-refractivity contribution in [2.24, 2.45) is 5.10 Å². The van der Waals surface area contributed by atoms with Crippen LogP contribution >= 0.6 is 0 Å². The molecular weight excluding hydrogens is 274 g/mol. The largest absolute Gasteiger partial charge is 0.454 e. The number of nitrogens with one attached hydrogen (secondary N) is 1. The van der Waals surface area contributed by atoms with Crippen LogP contribution in [-0.2, 0) is 6.42 Å². The van der Waals surface area contributed by atoms with Crippen molar-refractivity contribution in [3.8, 4) is 0 Å². The quantitative estimate of drug-likeness (QED) is 0.567. The fraction of sp³-hybridized carbons (Fsp3) is 0.222. The van der Waals surface area contributed by atoms with E-state index in [1.54, 1.807) is 6.20 Å². The first-order valence-electron chi connectivity index (χ1n) is 7.42. The fourth-order valence-corrected chi connectivity index (χ4v) is 2.53. The molecule has 4 nitrogen and oxygen atoms in total. The molecule has 2 heterocycles. The first-order chi connectivity index (χ1) is 10.7. The lowest BCUT2D eigenvalue weighted by Crippen LogP contribution is -2.02. The number of nitrogens with zero attached hydrogens (tertiary/aromatic N) is 2. The number of aromatic nitrogens is 1. The molecule has 0 aliphatic carbocycles. The van der Waals surface area contributed by atoms with E-state index in [0.717, 1.165) is 23.5 Å². The van der Waals surface area contributed by atoms with Crippen molar-refractivity contribution < 1.29 is 4.42 Å². The minimum absolute atomic E-state index is 0.715. The van der Waals surface area contributed by atoms with Crippen molar-refractivity contribution in [2.45, 2.75) is 27.2 Å². The highest BCUT2D eigenvalue weighted by molar-refractivity contribution is 6.02. The van der Waals surface area contributed by atoms with Crippen LogP contribution in [0.4, 0.5) is 5.82 Å². The lowest BCUT2D eigenvalue weighted by molar-refractivity contribution is 0.599. The van der Waals surface area contributed by atoms with Crippen LogP contribution in [0.25, 0.3) is 11.0 Å². The molecule has 0 unspecified atom stereocenters. The molecule has 112 valence electrons. The normalized spacial score (nSPS) is 11.9. The van der Waals surface area contributed by atoms with Gasteiger partial charge in [-0.2, -0.15) is 5.10 Å². The number of hydrogen-bond donors (Lipinski definition) is 1. The predicted octanol–water partition coefficient (Wildman–Crippen LogP) is 4.53. The number of benzene rings is 1. The zero-order chi connectivity index (χ0) is 15.5. The van der Waals surface area contributed by atoms with E-state index in [-0.39, 0.29) is 0 Å². The maximum Gasteiger partial charge on any atom is 0.154 e. The van der Waals surface area contributed by atoms with Gasteiger partial charge in [0.1, 0.15) is 17.1 Å². The van der Waals surface area contributed by atoms with Gasteiger partial charge in [0.15, 0.2) is 5.76 Å². The molecule has 0 saturated heterocycles. The maximum absolute atomic E-state index is 6.00. The van der Waals surface area contributed by atoms with Crippen molar-refractivity contribution in [1.29, 1.82) is 0 Å². The molecule has 0 amide bonds. The third-order valence-electron chi connectivity index (χ3n) is 3.63. The van der Waals surface area contributed by atoms with Crippen LogP contribution in [0.5, 0.6) is 0 Å². The van der Waals surface area contributed by atoms with Gasteiger partial charge in [0.05, 0.1) is 0 Å². The standard InChI is InChI=1S/C18H19N3O/c1-4-14-15-11-12(2)8-9-16(15)22-18(14)13(3)20-21-17-7-5-6-10-19-17/h5-11H,4H2,1-3H3,(H,19,21)/b20-13-. The lowest BCUT2D eigenvalue weighted by Gasteiger charge is -2.02. The summed E-state index contributed by atoms with van der Waals surface area (Å²) in [5, 5.41) is 5.57. The van der Waals surface area contributed by atoms with Gasteiger partial charge in [-0.25, -0.2) is 4.98 Å². The SMILES string of the molecule is CCc1c(/C(C)=N\Nc2ccccn2)oc2ccc(C)cc12. The first kappa shape index (κ1) is 14.3. The third kappa shape index (κ3) is 2.72. The van der Waals surface area contributed by atoms with E-state index in [4.69, 9.17) is 4.42 Å². The van der Waals surface area contributed by atoms with E-state index >= 15 is 0 Å². The Balaban J connectivity index is 1.98.